The predicted molar refractivity (Wildman–Crippen MR) is 123 cm³/mol. The van der Waals surface area contributed by atoms with E-state index in [4.69, 9.17) is 9.47 Å². The number of nitro groups is 1. The van der Waals surface area contributed by atoms with E-state index in [2.05, 4.69) is 9.82 Å². The number of morpholine rings is 1. The number of nitro benzene ring substituents is 1. The van der Waals surface area contributed by atoms with Gasteiger partial charge in [0.25, 0.3) is 11.6 Å². The van der Waals surface area contributed by atoms with Crippen molar-refractivity contribution in [3.63, 3.8) is 0 Å². The van der Waals surface area contributed by atoms with E-state index in [1.165, 1.54) is 16.8 Å². The molecular weight excluding hydrogens is 466 g/mol. The lowest BCUT2D eigenvalue weighted by atomic mass is 10.2. The van der Waals surface area contributed by atoms with Crippen molar-refractivity contribution in [1.82, 2.24) is 19.4 Å². The van der Waals surface area contributed by atoms with E-state index in [1.54, 1.807) is 25.7 Å². The van der Waals surface area contributed by atoms with Crippen molar-refractivity contribution < 1.29 is 27.6 Å². The zero-order valence-electron chi connectivity index (χ0n) is 19.6. The molecule has 0 radical (unpaired) electrons. The molecule has 13 heteroatoms. The molecule has 34 heavy (non-hydrogen) atoms. The maximum atomic E-state index is 13.0. The maximum Gasteiger partial charge on any atom is 0.274 e. The Hall–Kier alpha value is -3.03. The second-order valence-corrected chi connectivity index (χ2v) is 9.60. The summed E-state index contributed by atoms with van der Waals surface area (Å²) in [5.74, 6) is -0.190. The quantitative estimate of drug-likeness (QED) is 0.412. The SMILES string of the molecule is CCC(C)NS(=O)(=O)c1cc([N+](=O)[O-])ccc1Oc1c(C)c(C(=O)N2CCOCC2)nn1CC. The Morgan fingerprint density at radius 1 is 1.32 bits per heavy atom. The van der Waals surface area contributed by atoms with Gasteiger partial charge < -0.3 is 14.4 Å². The van der Waals surface area contributed by atoms with Crippen LogP contribution in [-0.2, 0) is 21.3 Å². The number of aryl methyl sites for hydroxylation is 1. The fourth-order valence-electron chi connectivity index (χ4n) is 3.42. The van der Waals surface area contributed by atoms with Crippen LogP contribution in [-0.4, -0.2) is 66.3 Å². The minimum Gasteiger partial charge on any atom is -0.438 e. The van der Waals surface area contributed by atoms with Crippen LogP contribution in [0.25, 0.3) is 0 Å². The number of nitrogens with zero attached hydrogens (tertiary/aromatic N) is 4. The Balaban J connectivity index is 2.04. The summed E-state index contributed by atoms with van der Waals surface area (Å²) in [6.45, 7) is 9.10. The number of ether oxygens (including phenoxy) is 2. The number of sulfonamides is 1. The zero-order chi connectivity index (χ0) is 25.0. The van der Waals surface area contributed by atoms with Crippen LogP contribution in [0.1, 0.15) is 43.2 Å². The molecule has 1 saturated heterocycles. The highest BCUT2D eigenvalue weighted by Gasteiger charge is 2.29. The van der Waals surface area contributed by atoms with Gasteiger partial charge in [-0.3, -0.25) is 14.9 Å². The summed E-state index contributed by atoms with van der Waals surface area (Å²) in [5, 5.41) is 15.7. The number of non-ortho nitro benzene ring substituents is 1. The second-order valence-electron chi connectivity index (χ2n) is 7.92. The standard InChI is InChI=1S/C21H29N5O7S/c1-5-14(3)23-34(30,31)18-13-16(26(28)29)7-8-17(18)33-21-15(4)19(22-25(21)6-2)20(27)24-9-11-32-12-10-24/h7-8,13-14,23H,5-6,9-12H2,1-4H3. The van der Waals surface area contributed by atoms with Crippen molar-refractivity contribution in [3.8, 4) is 11.6 Å². The number of hydrogen-bond acceptors (Lipinski definition) is 8. The number of hydrogen-bond donors (Lipinski definition) is 1. The van der Waals surface area contributed by atoms with Gasteiger partial charge in [-0.15, -0.1) is 0 Å². The molecule has 1 atom stereocenters. The van der Waals surface area contributed by atoms with E-state index in [0.717, 1.165) is 6.07 Å². The smallest absolute Gasteiger partial charge is 0.274 e. The van der Waals surface area contributed by atoms with Gasteiger partial charge in [-0.2, -0.15) is 5.10 Å². The molecule has 0 saturated carbocycles. The van der Waals surface area contributed by atoms with Crippen molar-refractivity contribution >= 4 is 21.6 Å². The van der Waals surface area contributed by atoms with Crippen LogP contribution in [0, 0.1) is 17.0 Å². The largest absolute Gasteiger partial charge is 0.438 e. The van der Waals surface area contributed by atoms with E-state index >= 15 is 0 Å². The van der Waals surface area contributed by atoms with Gasteiger partial charge in [0, 0.05) is 43.4 Å². The van der Waals surface area contributed by atoms with E-state index in [-0.39, 0.29) is 33.8 Å². The molecule has 12 nitrogen and oxygen atoms in total. The van der Waals surface area contributed by atoms with E-state index in [1.807, 2.05) is 6.92 Å². The summed E-state index contributed by atoms with van der Waals surface area (Å²) in [7, 11) is -4.14. The number of carbonyl (C=O) groups excluding carboxylic acids is 1. The Kier molecular flexibility index (Phi) is 7.89. The zero-order valence-corrected chi connectivity index (χ0v) is 20.4. The minimum atomic E-state index is -4.14. The highest BCUT2D eigenvalue weighted by Crippen LogP contribution is 2.35. The van der Waals surface area contributed by atoms with Crippen molar-refractivity contribution in [2.75, 3.05) is 26.3 Å². The third kappa shape index (κ3) is 5.37. The van der Waals surface area contributed by atoms with E-state index in [0.29, 0.717) is 44.8 Å². The Morgan fingerprint density at radius 3 is 2.59 bits per heavy atom. The number of carbonyl (C=O) groups is 1. The van der Waals surface area contributed by atoms with Gasteiger partial charge >= 0.3 is 0 Å². The molecule has 0 aliphatic carbocycles. The molecule has 1 amide bonds. The minimum absolute atomic E-state index is 0.107. The molecule has 2 aromatic rings. The molecule has 2 heterocycles. The molecule has 1 aromatic carbocycles. The number of nitrogens with one attached hydrogen (secondary N) is 1. The Bertz CT molecular complexity index is 1170. The summed E-state index contributed by atoms with van der Waals surface area (Å²) in [4.78, 5) is 24.9. The van der Waals surface area contributed by atoms with Crippen LogP contribution in [0.3, 0.4) is 0 Å². The molecule has 1 aliphatic heterocycles. The monoisotopic (exact) mass is 495 g/mol. The molecule has 1 aromatic heterocycles. The van der Waals surface area contributed by atoms with E-state index in [9.17, 15) is 23.3 Å². The third-order valence-electron chi connectivity index (χ3n) is 5.53. The summed E-state index contributed by atoms with van der Waals surface area (Å²) < 4.78 is 41.3. The summed E-state index contributed by atoms with van der Waals surface area (Å²) in [5.41, 5.74) is 0.249. The van der Waals surface area contributed by atoms with Gasteiger partial charge in [0.15, 0.2) is 5.69 Å². The van der Waals surface area contributed by atoms with Crippen molar-refractivity contribution in [1.29, 1.82) is 0 Å². The van der Waals surface area contributed by atoms with Gasteiger partial charge in [0.2, 0.25) is 15.9 Å². The highest BCUT2D eigenvalue weighted by molar-refractivity contribution is 7.89. The van der Waals surface area contributed by atoms with Gasteiger partial charge in [0.05, 0.1) is 18.1 Å². The first kappa shape index (κ1) is 25.6. The molecule has 1 unspecified atom stereocenters. The molecule has 0 bridgehead atoms. The van der Waals surface area contributed by atoms with Crippen LogP contribution in [0.4, 0.5) is 5.69 Å². The fraction of sp³-hybridized carbons (Fsp3) is 0.524. The number of benzene rings is 1. The van der Waals surface area contributed by atoms with Crippen LogP contribution >= 0.6 is 0 Å². The first-order chi connectivity index (χ1) is 16.1. The molecule has 1 aliphatic rings. The highest BCUT2D eigenvalue weighted by atomic mass is 32.2. The van der Waals surface area contributed by atoms with Gasteiger partial charge in [-0.1, -0.05) is 6.92 Å². The van der Waals surface area contributed by atoms with Crippen LogP contribution in [0.5, 0.6) is 11.6 Å². The lowest BCUT2D eigenvalue weighted by Gasteiger charge is -2.26. The van der Waals surface area contributed by atoms with Crippen molar-refractivity contribution in [2.45, 2.75) is 51.6 Å². The number of amides is 1. The average Bonchev–Trinajstić information content (AvgIpc) is 3.13. The van der Waals surface area contributed by atoms with Crippen molar-refractivity contribution in [3.05, 3.63) is 39.6 Å². The molecule has 3 rings (SSSR count). The average molecular weight is 496 g/mol. The van der Waals surface area contributed by atoms with Crippen molar-refractivity contribution in [2.24, 2.45) is 0 Å². The lowest BCUT2D eigenvalue weighted by molar-refractivity contribution is -0.385. The lowest BCUT2D eigenvalue weighted by Crippen LogP contribution is -2.41. The van der Waals surface area contributed by atoms with Crippen LogP contribution in [0.2, 0.25) is 0 Å². The molecular formula is C21H29N5O7S. The van der Waals surface area contributed by atoms with E-state index < -0.39 is 21.0 Å². The first-order valence-corrected chi connectivity index (χ1v) is 12.5. The third-order valence-corrected chi connectivity index (χ3v) is 7.15. The molecule has 1 fully saturated rings. The predicted octanol–water partition coefficient (Wildman–Crippen LogP) is 2.46. The van der Waals surface area contributed by atoms with Gasteiger partial charge in [-0.25, -0.2) is 17.8 Å². The summed E-state index contributed by atoms with van der Waals surface area (Å²) in [6, 6.07) is 2.97. The van der Waals surface area contributed by atoms with Gasteiger partial charge in [0.1, 0.15) is 10.6 Å². The molecule has 1 N–H and O–H groups in total. The molecule has 186 valence electrons. The second kappa shape index (κ2) is 10.5. The van der Waals surface area contributed by atoms with Crippen LogP contribution in [0.15, 0.2) is 23.1 Å². The Morgan fingerprint density at radius 2 is 2.00 bits per heavy atom. The Labute approximate surface area is 198 Å². The van der Waals surface area contributed by atoms with Gasteiger partial charge in [-0.05, 0) is 33.3 Å². The molecule has 0 spiro atoms. The first-order valence-electron chi connectivity index (χ1n) is 11.0. The van der Waals surface area contributed by atoms with Crippen LogP contribution < -0.4 is 9.46 Å². The normalized spacial score (nSPS) is 15.2. The number of rotatable bonds is 9. The maximum absolute atomic E-state index is 13.0. The fourth-order valence-corrected chi connectivity index (χ4v) is 4.89. The summed E-state index contributed by atoms with van der Waals surface area (Å²) in [6.07, 6.45) is 0.527. The summed E-state index contributed by atoms with van der Waals surface area (Å²) >= 11 is 0. The topological polar surface area (TPSA) is 146 Å². The number of aromatic nitrogens is 2.